The zero-order valence-corrected chi connectivity index (χ0v) is 11.2. The minimum absolute atomic E-state index is 0.0309. The van der Waals surface area contributed by atoms with Crippen LogP contribution < -0.4 is 5.32 Å². The smallest absolute Gasteiger partial charge is 0.257 e. The highest BCUT2D eigenvalue weighted by molar-refractivity contribution is 5.94. The number of carbonyl (C=O) groups excluding carboxylic acids is 1. The van der Waals surface area contributed by atoms with Gasteiger partial charge in [-0.3, -0.25) is 4.79 Å². The van der Waals surface area contributed by atoms with Gasteiger partial charge in [0.2, 0.25) is 5.76 Å². The van der Waals surface area contributed by atoms with Gasteiger partial charge in [0.25, 0.3) is 5.91 Å². The molecule has 0 aliphatic rings. The Morgan fingerprint density at radius 3 is 2.59 bits per heavy atom. The minimum Gasteiger partial charge on any atom is -0.461 e. The molecule has 112 valence electrons. The molecule has 0 saturated heterocycles. The van der Waals surface area contributed by atoms with Crippen molar-refractivity contribution in [2.45, 2.75) is 6.54 Å². The number of amides is 1. The molecule has 2 heterocycles. The largest absolute Gasteiger partial charge is 0.461 e. The summed E-state index contributed by atoms with van der Waals surface area (Å²) in [7, 11) is 0. The van der Waals surface area contributed by atoms with Gasteiger partial charge >= 0.3 is 0 Å². The normalized spacial score (nSPS) is 10.6. The third kappa shape index (κ3) is 2.73. The summed E-state index contributed by atoms with van der Waals surface area (Å²) in [5, 5.41) is 6.13. The second kappa shape index (κ2) is 5.80. The van der Waals surface area contributed by atoms with E-state index in [9.17, 15) is 13.6 Å². The summed E-state index contributed by atoms with van der Waals surface area (Å²) in [6.07, 6.45) is 1.49. The summed E-state index contributed by atoms with van der Waals surface area (Å²) >= 11 is 0. The Morgan fingerprint density at radius 1 is 1.14 bits per heavy atom. The van der Waals surface area contributed by atoms with Crippen molar-refractivity contribution < 1.29 is 22.5 Å². The fourth-order valence-electron chi connectivity index (χ4n) is 1.90. The Morgan fingerprint density at radius 2 is 1.91 bits per heavy atom. The molecule has 0 bridgehead atoms. The maximum absolute atomic E-state index is 13.5. The number of halogens is 2. The fraction of sp³-hybridized carbons (Fsp3) is 0.0667. The van der Waals surface area contributed by atoms with Gasteiger partial charge in [0.1, 0.15) is 22.9 Å². The van der Waals surface area contributed by atoms with Gasteiger partial charge in [0.15, 0.2) is 5.76 Å². The lowest BCUT2D eigenvalue weighted by Crippen LogP contribution is -2.25. The third-order valence-corrected chi connectivity index (χ3v) is 2.94. The van der Waals surface area contributed by atoms with Crippen LogP contribution in [0.3, 0.4) is 0 Å². The van der Waals surface area contributed by atoms with E-state index in [1.807, 2.05) is 0 Å². The van der Waals surface area contributed by atoms with Crippen LogP contribution in [0.4, 0.5) is 8.78 Å². The first-order valence-corrected chi connectivity index (χ1v) is 6.37. The number of aromatic nitrogens is 1. The van der Waals surface area contributed by atoms with E-state index >= 15 is 0 Å². The number of hydrogen-bond donors (Lipinski definition) is 1. The van der Waals surface area contributed by atoms with Crippen LogP contribution in [-0.2, 0) is 6.54 Å². The molecule has 1 amide bonds. The van der Waals surface area contributed by atoms with E-state index in [-0.39, 0.29) is 6.54 Å². The van der Waals surface area contributed by atoms with Crippen LogP contribution >= 0.6 is 0 Å². The van der Waals surface area contributed by atoms with E-state index in [1.54, 1.807) is 18.2 Å². The Kier molecular flexibility index (Phi) is 3.69. The molecule has 0 aliphatic carbocycles. The summed E-state index contributed by atoms with van der Waals surface area (Å²) in [6, 6.07) is 8.18. The molecule has 0 radical (unpaired) electrons. The topological polar surface area (TPSA) is 68.3 Å². The lowest BCUT2D eigenvalue weighted by Gasteiger charge is -2.05. The third-order valence-electron chi connectivity index (χ3n) is 2.94. The summed E-state index contributed by atoms with van der Waals surface area (Å²) in [5.74, 6) is -1.82. The van der Waals surface area contributed by atoms with E-state index in [2.05, 4.69) is 10.5 Å². The molecule has 0 saturated carbocycles. The number of nitrogens with one attached hydrogen (secondary N) is 1. The van der Waals surface area contributed by atoms with Gasteiger partial charge in [-0.05, 0) is 24.3 Å². The predicted octanol–water partition coefficient (Wildman–Crippen LogP) is 3.14. The second-order valence-corrected chi connectivity index (χ2v) is 4.44. The second-order valence-electron chi connectivity index (χ2n) is 4.44. The average Bonchev–Trinajstić information content (AvgIpc) is 3.16. The molecule has 1 N–H and O–H groups in total. The first-order chi connectivity index (χ1) is 10.6. The Labute approximate surface area is 123 Å². The van der Waals surface area contributed by atoms with Crippen molar-refractivity contribution in [3.63, 3.8) is 0 Å². The zero-order valence-electron chi connectivity index (χ0n) is 11.2. The minimum atomic E-state index is -0.922. The number of hydrogen-bond acceptors (Lipinski definition) is 4. The van der Waals surface area contributed by atoms with Crippen LogP contribution in [0.1, 0.15) is 16.1 Å². The van der Waals surface area contributed by atoms with Crippen LogP contribution in [0.5, 0.6) is 0 Å². The van der Waals surface area contributed by atoms with Crippen molar-refractivity contribution in [2.24, 2.45) is 0 Å². The van der Waals surface area contributed by atoms with E-state index in [4.69, 9.17) is 8.94 Å². The quantitative estimate of drug-likeness (QED) is 0.804. The standard InChI is InChI=1S/C15H10F2N2O3/c16-10-3-1-4-11(17)14(10)15(20)18-8-9-7-13(22-19-9)12-5-2-6-21-12/h1-7H,8H2,(H,18,20). The summed E-state index contributed by atoms with van der Waals surface area (Å²) in [6.45, 7) is -0.0309. The van der Waals surface area contributed by atoms with Gasteiger partial charge in [-0.25, -0.2) is 8.78 Å². The first kappa shape index (κ1) is 14.0. The molecular weight excluding hydrogens is 294 g/mol. The molecule has 2 aromatic heterocycles. The Bertz CT molecular complexity index is 777. The number of benzene rings is 1. The van der Waals surface area contributed by atoms with Gasteiger partial charge in [0, 0.05) is 6.07 Å². The lowest BCUT2D eigenvalue weighted by atomic mass is 10.2. The molecule has 7 heteroatoms. The van der Waals surface area contributed by atoms with E-state index in [0.29, 0.717) is 17.2 Å². The molecular formula is C15H10F2N2O3. The average molecular weight is 304 g/mol. The number of rotatable bonds is 4. The van der Waals surface area contributed by atoms with E-state index in [1.165, 1.54) is 12.3 Å². The predicted molar refractivity (Wildman–Crippen MR) is 71.7 cm³/mol. The van der Waals surface area contributed by atoms with Crippen molar-refractivity contribution in [1.82, 2.24) is 10.5 Å². The van der Waals surface area contributed by atoms with Gasteiger partial charge in [0.05, 0.1) is 12.8 Å². The Hall–Kier alpha value is -2.96. The van der Waals surface area contributed by atoms with Crippen molar-refractivity contribution in [1.29, 1.82) is 0 Å². The molecule has 0 spiro atoms. The number of furan rings is 1. The molecule has 0 unspecified atom stereocenters. The SMILES string of the molecule is O=C(NCc1cc(-c2ccco2)on1)c1c(F)cccc1F. The summed E-state index contributed by atoms with van der Waals surface area (Å²) < 4.78 is 37.1. The molecule has 0 fully saturated rings. The number of carbonyl (C=O) groups is 1. The summed E-state index contributed by atoms with van der Waals surface area (Å²) in [5.41, 5.74) is -0.228. The maximum atomic E-state index is 13.5. The summed E-state index contributed by atoms with van der Waals surface area (Å²) in [4.78, 5) is 11.8. The van der Waals surface area contributed by atoms with Crippen LogP contribution in [0.2, 0.25) is 0 Å². The van der Waals surface area contributed by atoms with Crippen molar-refractivity contribution in [3.05, 3.63) is 65.6 Å². The first-order valence-electron chi connectivity index (χ1n) is 6.37. The van der Waals surface area contributed by atoms with Crippen molar-refractivity contribution in [3.8, 4) is 11.5 Å². The molecule has 0 aliphatic heterocycles. The van der Waals surface area contributed by atoms with Crippen LogP contribution in [-0.4, -0.2) is 11.1 Å². The van der Waals surface area contributed by atoms with Crippen LogP contribution in [0.25, 0.3) is 11.5 Å². The molecule has 3 aromatic rings. The van der Waals surface area contributed by atoms with Gasteiger partial charge < -0.3 is 14.3 Å². The van der Waals surface area contributed by atoms with Gasteiger partial charge in [-0.2, -0.15) is 0 Å². The molecule has 22 heavy (non-hydrogen) atoms. The maximum Gasteiger partial charge on any atom is 0.257 e. The fourth-order valence-corrected chi connectivity index (χ4v) is 1.90. The van der Waals surface area contributed by atoms with Crippen molar-refractivity contribution >= 4 is 5.91 Å². The molecule has 3 rings (SSSR count). The highest BCUT2D eigenvalue weighted by Crippen LogP contribution is 2.20. The molecule has 5 nitrogen and oxygen atoms in total. The zero-order chi connectivity index (χ0) is 15.5. The monoisotopic (exact) mass is 304 g/mol. The van der Waals surface area contributed by atoms with Crippen LogP contribution in [0, 0.1) is 11.6 Å². The van der Waals surface area contributed by atoms with Crippen LogP contribution in [0.15, 0.2) is 51.6 Å². The molecule has 1 aromatic carbocycles. The van der Waals surface area contributed by atoms with Crippen molar-refractivity contribution in [2.75, 3.05) is 0 Å². The van der Waals surface area contributed by atoms with Gasteiger partial charge in [-0.15, -0.1) is 0 Å². The lowest BCUT2D eigenvalue weighted by molar-refractivity contribution is 0.0941. The highest BCUT2D eigenvalue weighted by atomic mass is 19.1. The highest BCUT2D eigenvalue weighted by Gasteiger charge is 2.17. The molecule has 0 atom stereocenters. The Balaban J connectivity index is 1.69. The number of nitrogens with zero attached hydrogens (tertiary/aromatic N) is 1. The van der Waals surface area contributed by atoms with Gasteiger partial charge in [-0.1, -0.05) is 11.2 Å². The van der Waals surface area contributed by atoms with E-state index in [0.717, 1.165) is 12.1 Å². The van der Waals surface area contributed by atoms with E-state index < -0.39 is 23.1 Å².